The summed E-state index contributed by atoms with van der Waals surface area (Å²) in [6.07, 6.45) is 0.274. The topological polar surface area (TPSA) is 60.7 Å². The van der Waals surface area contributed by atoms with Crippen LogP contribution in [0.25, 0.3) is 11.0 Å². The molecule has 0 spiro atoms. The SMILES string of the molecule is Cc1nnsc1C(=O)Cc1nc2ccccc2n1C. The van der Waals surface area contributed by atoms with Crippen LogP contribution in [0.4, 0.5) is 0 Å². The molecule has 3 rings (SSSR count). The molecule has 3 aromatic rings. The molecule has 6 heteroatoms. The number of rotatable bonds is 3. The van der Waals surface area contributed by atoms with Gasteiger partial charge in [0.15, 0.2) is 5.78 Å². The quantitative estimate of drug-likeness (QED) is 0.685. The van der Waals surface area contributed by atoms with Gasteiger partial charge in [0.25, 0.3) is 0 Å². The van der Waals surface area contributed by atoms with Crippen molar-refractivity contribution < 1.29 is 4.79 Å². The summed E-state index contributed by atoms with van der Waals surface area (Å²) in [6, 6.07) is 7.85. The van der Waals surface area contributed by atoms with Crippen LogP contribution >= 0.6 is 11.5 Å². The summed E-state index contributed by atoms with van der Waals surface area (Å²) in [7, 11) is 1.93. The van der Waals surface area contributed by atoms with Crippen molar-refractivity contribution in [2.75, 3.05) is 0 Å². The molecule has 0 aliphatic carbocycles. The summed E-state index contributed by atoms with van der Waals surface area (Å²) in [6.45, 7) is 1.80. The molecule has 19 heavy (non-hydrogen) atoms. The molecule has 0 saturated heterocycles. The van der Waals surface area contributed by atoms with Gasteiger partial charge >= 0.3 is 0 Å². The van der Waals surface area contributed by atoms with E-state index >= 15 is 0 Å². The van der Waals surface area contributed by atoms with Crippen molar-refractivity contribution in [1.29, 1.82) is 0 Å². The van der Waals surface area contributed by atoms with Crippen molar-refractivity contribution in [1.82, 2.24) is 19.1 Å². The zero-order chi connectivity index (χ0) is 13.4. The Balaban J connectivity index is 1.96. The van der Waals surface area contributed by atoms with E-state index in [9.17, 15) is 4.79 Å². The molecule has 0 fully saturated rings. The minimum Gasteiger partial charge on any atom is -0.331 e. The van der Waals surface area contributed by atoms with E-state index in [2.05, 4.69) is 14.6 Å². The number of aromatic nitrogens is 4. The van der Waals surface area contributed by atoms with Crippen molar-refractivity contribution in [3.8, 4) is 0 Å². The fourth-order valence-electron chi connectivity index (χ4n) is 2.06. The number of fused-ring (bicyclic) bond motifs is 1. The molecule has 0 saturated carbocycles. The number of nitrogens with zero attached hydrogens (tertiary/aromatic N) is 4. The van der Waals surface area contributed by atoms with Crippen LogP contribution in [0.5, 0.6) is 0 Å². The molecule has 2 aromatic heterocycles. The van der Waals surface area contributed by atoms with Crippen LogP contribution in [0.3, 0.4) is 0 Å². The van der Waals surface area contributed by atoms with Crippen LogP contribution in [0.1, 0.15) is 21.2 Å². The van der Waals surface area contributed by atoms with Gasteiger partial charge in [-0.1, -0.05) is 16.6 Å². The number of para-hydroxylation sites is 2. The molecule has 0 radical (unpaired) electrons. The van der Waals surface area contributed by atoms with Gasteiger partial charge < -0.3 is 4.57 Å². The molecule has 1 aromatic carbocycles. The number of ketones is 1. The monoisotopic (exact) mass is 272 g/mol. The van der Waals surface area contributed by atoms with Gasteiger partial charge in [-0.05, 0) is 30.6 Å². The number of Topliss-reactive ketones (excluding diaryl/α,β-unsaturated/α-hetero) is 1. The first kappa shape index (κ1) is 12.0. The smallest absolute Gasteiger partial charge is 0.183 e. The second-order valence-electron chi connectivity index (χ2n) is 4.36. The first-order valence-electron chi connectivity index (χ1n) is 5.89. The Morgan fingerprint density at radius 1 is 1.37 bits per heavy atom. The van der Waals surface area contributed by atoms with E-state index in [-0.39, 0.29) is 12.2 Å². The second kappa shape index (κ2) is 4.55. The van der Waals surface area contributed by atoms with Gasteiger partial charge in [-0.3, -0.25) is 4.79 Å². The lowest BCUT2D eigenvalue weighted by Gasteiger charge is -2.00. The lowest BCUT2D eigenvalue weighted by molar-refractivity contribution is 0.0993. The molecule has 0 aliphatic heterocycles. The maximum Gasteiger partial charge on any atom is 0.183 e. The summed E-state index contributed by atoms with van der Waals surface area (Å²) in [5.74, 6) is 0.782. The third-order valence-electron chi connectivity index (χ3n) is 3.10. The summed E-state index contributed by atoms with van der Waals surface area (Å²) in [5.41, 5.74) is 2.63. The zero-order valence-electron chi connectivity index (χ0n) is 10.6. The van der Waals surface area contributed by atoms with Crippen LogP contribution < -0.4 is 0 Å². The van der Waals surface area contributed by atoms with E-state index in [0.717, 1.165) is 28.4 Å². The van der Waals surface area contributed by atoms with Gasteiger partial charge in [0.05, 0.1) is 23.1 Å². The van der Waals surface area contributed by atoms with Crippen molar-refractivity contribution in [2.45, 2.75) is 13.3 Å². The van der Waals surface area contributed by atoms with E-state index in [1.807, 2.05) is 35.9 Å². The van der Waals surface area contributed by atoms with Gasteiger partial charge in [0.2, 0.25) is 0 Å². The van der Waals surface area contributed by atoms with E-state index in [0.29, 0.717) is 10.6 Å². The molecule has 5 nitrogen and oxygen atoms in total. The normalized spacial score (nSPS) is 11.1. The lowest BCUT2D eigenvalue weighted by atomic mass is 10.2. The molecule has 0 N–H and O–H groups in total. The average molecular weight is 272 g/mol. The molecule has 2 heterocycles. The first-order valence-corrected chi connectivity index (χ1v) is 6.66. The maximum absolute atomic E-state index is 12.2. The van der Waals surface area contributed by atoms with Crippen LogP contribution in [-0.2, 0) is 13.5 Å². The van der Waals surface area contributed by atoms with Crippen molar-refractivity contribution in [2.24, 2.45) is 7.05 Å². The minimum absolute atomic E-state index is 0.0194. The molecule has 96 valence electrons. The number of carbonyl (C=O) groups is 1. The van der Waals surface area contributed by atoms with Gasteiger partial charge in [0, 0.05) is 7.05 Å². The summed E-state index contributed by atoms with van der Waals surface area (Å²) in [4.78, 5) is 17.3. The minimum atomic E-state index is 0.0194. The number of imidazole rings is 1. The first-order chi connectivity index (χ1) is 9.16. The predicted octanol–water partition coefficient (Wildman–Crippen LogP) is 2.16. The standard InChI is InChI=1S/C13H12N4OS/c1-8-13(19-16-15-8)11(18)7-12-14-9-5-3-4-6-10(9)17(12)2/h3-6H,7H2,1-2H3. The Bertz CT molecular complexity index is 759. The largest absolute Gasteiger partial charge is 0.331 e. The molecule has 0 unspecified atom stereocenters. The average Bonchev–Trinajstić information content (AvgIpc) is 2.95. The Hall–Kier alpha value is -2.08. The summed E-state index contributed by atoms with van der Waals surface area (Å²) >= 11 is 1.14. The van der Waals surface area contributed by atoms with Crippen LogP contribution in [0.15, 0.2) is 24.3 Å². The Labute approximate surface area is 114 Å². The molecule has 0 atom stereocenters. The second-order valence-corrected chi connectivity index (χ2v) is 5.12. The highest BCUT2D eigenvalue weighted by Crippen LogP contribution is 2.17. The summed E-state index contributed by atoms with van der Waals surface area (Å²) < 4.78 is 5.75. The number of hydrogen-bond donors (Lipinski definition) is 0. The van der Waals surface area contributed by atoms with Crippen molar-refractivity contribution in [3.05, 3.63) is 40.7 Å². The van der Waals surface area contributed by atoms with Crippen LogP contribution in [0, 0.1) is 6.92 Å². The van der Waals surface area contributed by atoms with Crippen LogP contribution in [-0.4, -0.2) is 24.9 Å². The predicted molar refractivity (Wildman–Crippen MR) is 73.4 cm³/mol. The highest BCUT2D eigenvalue weighted by atomic mass is 32.1. The van der Waals surface area contributed by atoms with E-state index in [4.69, 9.17) is 0 Å². The fraction of sp³-hybridized carbons (Fsp3) is 0.231. The van der Waals surface area contributed by atoms with Gasteiger partial charge in [-0.15, -0.1) is 5.10 Å². The molecular formula is C13H12N4OS. The molecule has 0 amide bonds. The van der Waals surface area contributed by atoms with E-state index in [1.165, 1.54) is 0 Å². The van der Waals surface area contributed by atoms with Gasteiger partial charge in [-0.2, -0.15) is 0 Å². The number of hydrogen-bond acceptors (Lipinski definition) is 5. The Kier molecular flexibility index (Phi) is 2.87. The molecule has 0 bridgehead atoms. The number of aryl methyl sites for hydroxylation is 2. The van der Waals surface area contributed by atoms with Gasteiger partial charge in [-0.25, -0.2) is 4.98 Å². The zero-order valence-corrected chi connectivity index (χ0v) is 11.4. The third kappa shape index (κ3) is 2.04. The highest BCUT2D eigenvalue weighted by molar-refractivity contribution is 7.08. The lowest BCUT2D eigenvalue weighted by Crippen LogP contribution is -2.08. The fourth-order valence-corrected chi connectivity index (χ4v) is 2.66. The van der Waals surface area contributed by atoms with E-state index < -0.39 is 0 Å². The van der Waals surface area contributed by atoms with Crippen LogP contribution in [0.2, 0.25) is 0 Å². The van der Waals surface area contributed by atoms with E-state index in [1.54, 1.807) is 6.92 Å². The van der Waals surface area contributed by atoms with Gasteiger partial charge in [0.1, 0.15) is 10.7 Å². The molecular weight excluding hydrogens is 260 g/mol. The number of carbonyl (C=O) groups excluding carboxylic acids is 1. The third-order valence-corrected chi connectivity index (χ3v) is 3.97. The van der Waals surface area contributed by atoms with Crippen molar-refractivity contribution in [3.63, 3.8) is 0 Å². The summed E-state index contributed by atoms with van der Waals surface area (Å²) in [5, 5.41) is 3.86. The number of benzene rings is 1. The molecule has 0 aliphatic rings. The Morgan fingerprint density at radius 3 is 2.84 bits per heavy atom. The maximum atomic E-state index is 12.2. The Morgan fingerprint density at radius 2 is 2.16 bits per heavy atom. The highest BCUT2D eigenvalue weighted by Gasteiger charge is 2.17. The van der Waals surface area contributed by atoms with Crippen molar-refractivity contribution >= 4 is 28.3 Å².